The molecule has 0 unspecified atom stereocenters. The van der Waals surface area contributed by atoms with E-state index in [4.69, 9.17) is 59.7 Å². The van der Waals surface area contributed by atoms with Crippen molar-refractivity contribution in [1.29, 1.82) is 0 Å². The number of allylic oxidation sites excluding steroid dienone is 6. The number of anilines is 3. The normalized spacial score (nSPS) is 27.6. The van der Waals surface area contributed by atoms with Gasteiger partial charge < -0.3 is 89.2 Å². The Balaban J connectivity index is 0.485. The first kappa shape index (κ1) is 97.4. The van der Waals surface area contributed by atoms with Crippen LogP contribution in [0.2, 0.25) is 0 Å². The van der Waals surface area contributed by atoms with Crippen LogP contribution in [0.25, 0.3) is 33.2 Å². The molecule has 2 bridgehead atoms. The van der Waals surface area contributed by atoms with Crippen molar-refractivity contribution < 1.29 is 81.7 Å². The molecule has 15 rings (SSSR count). The molecule has 15 atom stereocenters. The summed E-state index contributed by atoms with van der Waals surface area (Å²) < 4.78 is 44.3. The van der Waals surface area contributed by atoms with Gasteiger partial charge in [-0.05, 0) is 142 Å². The van der Waals surface area contributed by atoms with E-state index in [9.17, 15) is 48.6 Å². The lowest BCUT2D eigenvalue weighted by atomic mass is 9.80. The lowest BCUT2D eigenvalue weighted by Gasteiger charge is -2.42. The van der Waals surface area contributed by atoms with Crippen LogP contribution < -0.4 is 21.3 Å². The van der Waals surface area contributed by atoms with Gasteiger partial charge in [0.1, 0.15) is 54.1 Å². The van der Waals surface area contributed by atoms with E-state index in [1.807, 2.05) is 83.1 Å². The van der Waals surface area contributed by atoms with Gasteiger partial charge in [-0.15, -0.1) is 0 Å². The SMILES string of the molecule is CO[C@H]1C[C@@H]2CC[C@@H](C)[C@@](O)(O2)C(=O)C(=O)N2CCCC[C@H]2C(=O)O[C@H]([C@H](N)C[C@@H]2CC[C@@H](OC(=O)N3CCc4nc(N5CCN(C(=O)CCOCCN6CCN(c7ncc(C(=O)N8CCc9cc(Cn%10nc(-c%11ccc%12[nH]ccc%12c%11)c%11c(N)ncnc%11%10)ccc9C8)cn7)CC6)CC5)ncc4C3)[C@H](OC)C2)CC(=O)[C@H](C)/C=C(\C)[C@@H](O)[C@@H](OC)C(=O)[C@H](C)C[C@H](C)/C=C/C=CC=C1C. The van der Waals surface area contributed by atoms with Crippen molar-refractivity contribution in [1.82, 2.24) is 69.2 Å². The summed E-state index contributed by atoms with van der Waals surface area (Å²) in [4.78, 5) is 158. The fourth-order valence-corrected chi connectivity index (χ4v) is 20.1. The number of esters is 1. The number of piperidine rings is 1. The zero-order valence-electron chi connectivity index (χ0n) is 78.5. The summed E-state index contributed by atoms with van der Waals surface area (Å²) in [5, 5.41) is 30.7. The lowest BCUT2D eigenvalue weighted by molar-refractivity contribution is -0.265. The summed E-state index contributed by atoms with van der Waals surface area (Å²) in [5.74, 6) is -7.30. The first-order valence-corrected chi connectivity index (χ1v) is 47.5. The third-order valence-corrected chi connectivity index (χ3v) is 28.4. The van der Waals surface area contributed by atoms with Crippen molar-refractivity contribution in [2.45, 2.75) is 218 Å². The highest BCUT2D eigenvalue weighted by molar-refractivity contribution is 6.39. The van der Waals surface area contributed by atoms with Crippen LogP contribution in [0.4, 0.5) is 22.5 Å². The molecular formula is C99H130N18O17. The number of amides is 4. The number of Topliss-reactive ketones (excluding diaryl/α,β-unsaturated/α-hetero) is 3. The fraction of sp³-hybridized carbons (Fsp3) is 0.566. The second kappa shape index (κ2) is 44.1. The maximum Gasteiger partial charge on any atom is 0.410 e. The quantitative estimate of drug-likeness (QED) is 0.0219. The average Bonchev–Trinajstić information content (AvgIpc) is 1.59. The topological polar surface area (TPSA) is 427 Å². The maximum atomic E-state index is 14.8. The molecule has 1 aliphatic carbocycles. The molecule has 35 heteroatoms. The molecule has 0 spiro atoms. The summed E-state index contributed by atoms with van der Waals surface area (Å²) >= 11 is 0. The standard InChI is InChI=1S/C99H130N18O17/c1-60-15-11-10-12-16-61(2)81(128-7)51-74-23-18-65(6)99(127,134-74)90(122)94(124)116-31-14-13-17-78(116)95(125)132-82(52-79(118)62(3)46-64(5)88(121)89(130-9)87(120)63(4)45-60)75(100)48-66-20-25-80(83(49-66)129-8)133-98(126)115-33-28-77-73(58-115)55-105-97(108-77)113-40-38-111(39-41-113)84(119)29-43-131-44-42-110-34-36-112(37-35-110)96-103-53-72(54-104-96)93(123)114-32-27-68-47-67(19-21-71(68)57-114)56-117-92-85(91(101)106-59-107-92)86(109-117)70-22-24-76-69(50-70)26-30-102-76/h10-12,15-16,19,21-22,24,26,30,46-47,50,53-55,59-60,62-63,65-66,74-75,78,80-83,88-89,102,121,127H,13-14,17-18,20,23,25,27-29,31-45,48-49,51-52,56-58,100H2,1-9H3,(H2,101,106,107)/b12-10?,15-11+,61-16?,64-46+/t60-,62-,63-,65-,66+,74+,75-,78+,80-,81+,82+,83-,88-,89+,99-/m1/s1. The number of H-pyrrole nitrogens is 1. The first-order chi connectivity index (χ1) is 64.6. The monoisotopic (exact) mass is 1840 g/mol. The van der Waals surface area contributed by atoms with E-state index in [1.165, 1.54) is 19.0 Å². The number of rotatable bonds is 19. The number of aromatic amines is 1. The smallest absolute Gasteiger partial charge is 0.410 e. The van der Waals surface area contributed by atoms with Crippen LogP contribution in [0.5, 0.6) is 0 Å². The fourth-order valence-electron chi connectivity index (χ4n) is 20.1. The molecule has 4 amide bonds. The third-order valence-electron chi connectivity index (χ3n) is 28.4. The highest BCUT2D eigenvalue weighted by atomic mass is 16.6. The Kier molecular flexibility index (Phi) is 32.1. The molecule has 7 N–H and O–H groups in total. The number of cyclic esters (lactones) is 1. The third kappa shape index (κ3) is 22.8. The number of benzene rings is 2. The van der Waals surface area contributed by atoms with E-state index in [-0.39, 0.29) is 74.6 Å². The number of nitrogen functional groups attached to an aromatic ring is 1. The number of ketones is 3. The van der Waals surface area contributed by atoms with Crippen molar-refractivity contribution in [2.24, 2.45) is 35.3 Å². The number of nitrogens with zero attached hydrogens (tertiary/aromatic N) is 15. The van der Waals surface area contributed by atoms with Crippen LogP contribution in [0, 0.1) is 29.6 Å². The number of hydrogen-bond acceptors (Lipinski definition) is 29. The van der Waals surface area contributed by atoms with Crippen LogP contribution in [0.3, 0.4) is 0 Å². The highest BCUT2D eigenvalue weighted by Gasteiger charge is 2.54. The van der Waals surface area contributed by atoms with Crippen LogP contribution in [-0.2, 0) is 94.4 Å². The lowest BCUT2D eigenvalue weighted by Crippen LogP contribution is -2.61. The average molecular weight is 1840 g/mol. The molecule has 0 radical (unpaired) electrons. The number of ether oxygens (including phenoxy) is 7. The molecule has 134 heavy (non-hydrogen) atoms. The van der Waals surface area contributed by atoms with Gasteiger partial charge in [0, 0.05) is 196 Å². The number of aliphatic hydroxyl groups excluding tert-OH is 1. The summed E-state index contributed by atoms with van der Waals surface area (Å²) in [6.07, 6.45) is 18.0. The molecular weight excluding hydrogens is 1710 g/mol. The number of aliphatic hydroxyl groups is 2. The van der Waals surface area contributed by atoms with Gasteiger partial charge in [-0.3, -0.25) is 33.7 Å². The van der Waals surface area contributed by atoms with E-state index in [1.54, 1.807) is 71.5 Å². The molecule has 2 aromatic carbocycles. The van der Waals surface area contributed by atoms with E-state index >= 15 is 0 Å². The number of piperazine rings is 2. The first-order valence-electron chi connectivity index (χ1n) is 47.5. The van der Waals surface area contributed by atoms with E-state index in [2.05, 4.69) is 63.9 Å². The Bertz CT molecular complexity index is 5490. The second-order valence-electron chi connectivity index (χ2n) is 37.6. The van der Waals surface area contributed by atoms with Crippen molar-refractivity contribution in [3.8, 4) is 11.3 Å². The number of carbonyl (C=O) groups excluding carboxylic acids is 8. The number of nitrogens with one attached hydrogen (secondary N) is 1. The summed E-state index contributed by atoms with van der Waals surface area (Å²) in [5.41, 5.74) is 23.5. The summed E-state index contributed by atoms with van der Waals surface area (Å²) in [7, 11) is 4.47. The minimum atomic E-state index is -2.51. The summed E-state index contributed by atoms with van der Waals surface area (Å²) in [6, 6.07) is 12.3. The van der Waals surface area contributed by atoms with Gasteiger partial charge in [0.05, 0.1) is 67.7 Å². The zero-order chi connectivity index (χ0) is 94.6. The Morgan fingerprint density at radius 3 is 2.25 bits per heavy atom. The molecule has 718 valence electrons. The number of nitrogens with two attached hydrogens (primary N) is 2. The Morgan fingerprint density at radius 2 is 1.48 bits per heavy atom. The Labute approximate surface area is 781 Å². The molecule has 1 saturated carbocycles. The van der Waals surface area contributed by atoms with Gasteiger partial charge in [0.25, 0.3) is 17.6 Å². The number of fused-ring (bicyclic) bond motifs is 7. The van der Waals surface area contributed by atoms with Crippen molar-refractivity contribution in [3.63, 3.8) is 0 Å². The molecule has 8 aliphatic rings. The van der Waals surface area contributed by atoms with Gasteiger partial charge in [-0.2, -0.15) is 5.10 Å². The summed E-state index contributed by atoms with van der Waals surface area (Å²) in [6.45, 7) is 19.3. The predicted octanol–water partition coefficient (Wildman–Crippen LogP) is 8.65. The molecule has 5 aromatic heterocycles. The largest absolute Gasteiger partial charge is 0.459 e. The van der Waals surface area contributed by atoms with Gasteiger partial charge in [0.15, 0.2) is 11.4 Å². The van der Waals surface area contributed by atoms with E-state index in [0.717, 1.165) is 68.1 Å². The van der Waals surface area contributed by atoms with Crippen LogP contribution >= 0.6 is 0 Å². The van der Waals surface area contributed by atoms with Gasteiger partial charge in [-0.25, -0.2) is 44.2 Å². The molecule has 12 heterocycles. The van der Waals surface area contributed by atoms with Crippen molar-refractivity contribution >= 4 is 86.8 Å². The Hall–Kier alpha value is -11.2. The van der Waals surface area contributed by atoms with Crippen molar-refractivity contribution in [3.05, 3.63) is 155 Å². The van der Waals surface area contributed by atoms with Gasteiger partial charge >= 0.3 is 12.1 Å². The minimum Gasteiger partial charge on any atom is -0.459 e. The van der Waals surface area contributed by atoms with Crippen molar-refractivity contribution in [2.75, 3.05) is 129 Å². The second-order valence-corrected chi connectivity index (χ2v) is 37.6. The number of carbonyl (C=O) groups is 8. The minimum absolute atomic E-state index is 0.00560. The van der Waals surface area contributed by atoms with Crippen LogP contribution in [0.1, 0.15) is 163 Å². The van der Waals surface area contributed by atoms with Gasteiger partial charge in [-0.1, -0.05) is 88.4 Å². The predicted molar refractivity (Wildman–Crippen MR) is 500 cm³/mol. The number of methoxy groups -OCH3 is 3. The maximum absolute atomic E-state index is 14.8. The van der Waals surface area contributed by atoms with E-state index < -0.39 is 108 Å². The van der Waals surface area contributed by atoms with E-state index in [0.29, 0.717) is 189 Å². The Morgan fingerprint density at radius 1 is 0.716 bits per heavy atom. The zero-order valence-corrected chi connectivity index (χ0v) is 78.5. The molecule has 7 aliphatic heterocycles. The molecule has 4 saturated heterocycles. The molecule has 7 aromatic rings. The molecule has 35 nitrogen and oxygen atoms in total. The number of aromatic nitrogens is 9. The van der Waals surface area contributed by atoms with Crippen LogP contribution in [0.15, 0.2) is 121 Å². The van der Waals surface area contributed by atoms with Gasteiger partial charge in [0.2, 0.25) is 23.6 Å². The van der Waals surface area contributed by atoms with Crippen LogP contribution in [-0.4, -0.2) is 300 Å². The number of hydrogen-bond donors (Lipinski definition) is 5. The highest BCUT2D eigenvalue weighted by Crippen LogP contribution is 2.40. The molecule has 5 fully saturated rings.